The molecule has 9 rings (SSSR count). The molecule has 4 aliphatic rings. The third-order valence-corrected chi connectivity index (χ3v) is 13.5. The summed E-state index contributed by atoms with van der Waals surface area (Å²) in [5.41, 5.74) is 9.04. The number of fused-ring (bicyclic) bond motifs is 1. The van der Waals surface area contributed by atoms with Crippen LogP contribution in [0.4, 0.5) is 0 Å². The molecule has 0 heterocycles. The molecule has 4 bridgehead atoms. The van der Waals surface area contributed by atoms with Crippen LogP contribution in [0.25, 0.3) is 21.9 Å². The first-order valence-electron chi connectivity index (χ1n) is 17.5. The molecule has 1 N–H and O–H groups in total. The zero-order valence-corrected chi connectivity index (χ0v) is 30.0. The fourth-order valence-corrected chi connectivity index (χ4v) is 10.5. The van der Waals surface area contributed by atoms with Crippen LogP contribution in [0, 0.1) is 23.2 Å². The Kier molecular flexibility index (Phi) is 7.95. The fourth-order valence-electron chi connectivity index (χ4n) is 9.90. The molecule has 0 spiro atoms. The van der Waals surface area contributed by atoms with Crippen LogP contribution in [0.1, 0.15) is 79.7 Å². The van der Waals surface area contributed by atoms with E-state index in [1.165, 1.54) is 77.1 Å². The van der Waals surface area contributed by atoms with E-state index < -0.39 is 0 Å². The van der Waals surface area contributed by atoms with Crippen molar-refractivity contribution in [3.63, 3.8) is 0 Å². The predicted octanol–water partition coefficient (Wildman–Crippen LogP) is 10.8. The Labute approximate surface area is 298 Å². The number of nitriles is 1. The van der Waals surface area contributed by atoms with Gasteiger partial charge in [0.25, 0.3) is 0 Å². The van der Waals surface area contributed by atoms with Crippen molar-refractivity contribution in [1.82, 2.24) is 5.32 Å². The van der Waals surface area contributed by atoms with Gasteiger partial charge >= 0.3 is 0 Å². The van der Waals surface area contributed by atoms with Crippen LogP contribution in [0.5, 0.6) is 0 Å². The van der Waals surface area contributed by atoms with Gasteiger partial charge < -0.3 is 5.32 Å². The molecule has 0 radical (unpaired) electrons. The van der Waals surface area contributed by atoms with Crippen molar-refractivity contribution < 1.29 is 0 Å². The van der Waals surface area contributed by atoms with E-state index in [1.807, 2.05) is 19.2 Å². The number of hydrogen-bond donors (Lipinski definition) is 1. The maximum Gasteiger partial charge on any atom is 0.138 e. The van der Waals surface area contributed by atoms with Gasteiger partial charge in [0.15, 0.2) is 0 Å². The molecule has 240 valence electrons. The minimum Gasteiger partial charge on any atom is -0.373 e. The molecule has 5 aromatic rings. The van der Waals surface area contributed by atoms with Gasteiger partial charge in [0, 0.05) is 12.6 Å². The first kappa shape index (κ1) is 31.3. The number of rotatable bonds is 7. The Morgan fingerprint density at radius 3 is 1.92 bits per heavy atom. The van der Waals surface area contributed by atoms with E-state index in [-0.39, 0.29) is 14.4 Å². The Bertz CT molecular complexity index is 2020. The summed E-state index contributed by atoms with van der Waals surface area (Å²) in [5, 5.41) is 15.1. The zero-order chi connectivity index (χ0) is 32.9. The van der Waals surface area contributed by atoms with Crippen molar-refractivity contribution in [3.8, 4) is 17.2 Å². The summed E-state index contributed by atoms with van der Waals surface area (Å²) in [6, 6.07) is 44.4. The standard InChI is InChI=1S/C44H42IN3/c1-3-44(45,48-41(47-2)37-13-12-33-6-4-5-7-36(33)23-37)40-20-18-39(19-21-40)43-26-31-22-32(27-43)25-42(24-31,29-43)38-16-14-35(15-17-38)34-10-8-30(28-46)9-11-34/h4-21,23,31-32H,3,22,24-27,29H2,1-2H3,(H,47,48). The van der Waals surface area contributed by atoms with Gasteiger partial charge in [-0.2, -0.15) is 5.26 Å². The van der Waals surface area contributed by atoms with Gasteiger partial charge in [0.1, 0.15) is 9.38 Å². The van der Waals surface area contributed by atoms with Gasteiger partial charge in [-0.1, -0.05) is 104 Å². The third kappa shape index (κ3) is 5.45. The van der Waals surface area contributed by atoms with E-state index in [2.05, 4.69) is 144 Å². The molecular formula is C44H42IN3. The molecule has 0 aliphatic heterocycles. The van der Waals surface area contributed by atoms with E-state index in [1.54, 1.807) is 0 Å². The molecular weight excluding hydrogens is 697 g/mol. The number of halogens is 1. The van der Waals surface area contributed by atoms with Crippen molar-refractivity contribution in [2.24, 2.45) is 16.8 Å². The first-order chi connectivity index (χ1) is 23.3. The Hall–Kier alpha value is -3.95. The van der Waals surface area contributed by atoms with E-state index in [9.17, 15) is 5.26 Å². The lowest BCUT2D eigenvalue weighted by atomic mass is 9.41. The molecule has 4 saturated carbocycles. The van der Waals surface area contributed by atoms with Crippen LogP contribution in [0.3, 0.4) is 0 Å². The smallest absolute Gasteiger partial charge is 0.138 e. The van der Waals surface area contributed by atoms with Crippen molar-refractivity contribution >= 4 is 39.2 Å². The average molecular weight is 740 g/mol. The normalized spacial score (nSPS) is 25.8. The van der Waals surface area contributed by atoms with Crippen LogP contribution in [0.15, 0.2) is 120 Å². The second-order valence-corrected chi connectivity index (χ2v) is 16.5. The molecule has 0 saturated heterocycles. The number of amidine groups is 1. The summed E-state index contributed by atoms with van der Waals surface area (Å²) in [6.07, 6.45) is 8.83. The van der Waals surface area contributed by atoms with Gasteiger partial charge in [-0.3, -0.25) is 0 Å². The number of nitrogens with one attached hydrogen (secondary N) is 1. The lowest BCUT2D eigenvalue weighted by molar-refractivity contribution is -0.0281. The molecule has 4 fully saturated rings. The lowest BCUT2D eigenvalue weighted by Crippen LogP contribution is -2.55. The van der Waals surface area contributed by atoms with Gasteiger partial charge in [-0.15, -0.1) is 0 Å². The number of nitrogens with zero attached hydrogens (tertiary/aromatic N) is 2. The highest BCUT2D eigenvalue weighted by Gasteiger charge is 2.58. The second-order valence-electron chi connectivity index (χ2n) is 14.8. The maximum atomic E-state index is 9.20. The van der Waals surface area contributed by atoms with Crippen LogP contribution in [-0.2, 0) is 14.4 Å². The monoisotopic (exact) mass is 739 g/mol. The van der Waals surface area contributed by atoms with Crippen LogP contribution >= 0.6 is 22.6 Å². The zero-order valence-electron chi connectivity index (χ0n) is 27.8. The van der Waals surface area contributed by atoms with E-state index in [0.29, 0.717) is 5.56 Å². The highest BCUT2D eigenvalue weighted by molar-refractivity contribution is 14.1. The molecule has 5 aromatic carbocycles. The molecule has 48 heavy (non-hydrogen) atoms. The Morgan fingerprint density at radius 1 is 0.792 bits per heavy atom. The molecule has 0 amide bonds. The summed E-state index contributed by atoms with van der Waals surface area (Å²) in [7, 11) is 1.98. The van der Waals surface area contributed by atoms with E-state index in [4.69, 9.17) is 4.99 Å². The number of aliphatic imine (C=N–C) groups is 1. The molecule has 3 unspecified atom stereocenters. The predicted molar refractivity (Wildman–Crippen MR) is 207 cm³/mol. The molecule has 4 heteroatoms. The highest BCUT2D eigenvalue weighted by atomic mass is 127. The Balaban J connectivity index is 1.08. The average Bonchev–Trinajstić information content (AvgIpc) is 3.13. The minimum atomic E-state index is -0.361. The van der Waals surface area contributed by atoms with Crippen LogP contribution in [0.2, 0.25) is 0 Å². The number of benzene rings is 5. The van der Waals surface area contributed by atoms with Crippen molar-refractivity contribution in [2.45, 2.75) is 66.2 Å². The van der Waals surface area contributed by atoms with Gasteiger partial charge in [-0.05, 0) is 147 Å². The molecule has 3 atom stereocenters. The SMILES string of the molecule is CCC(I)(/N=C(\NC)c1ccc2ccccc2c1)c1ccc(C23CC4CC(CC(c5ccc(-c6ccc(C#N)cc6)cc5)(C4)C2)C3)cc1. The van der Waals surface area contributed by atoms with Crippen molar-refractivity contribution in [1.29, 1.82) is 5.26 Å². The molecule has 4 aliphatic carbocycles. The summed E-state index contributed by atoms with van der Waals surface area (Å²) in [6.45, 7) is 2.24. The van der Waals surface area contributed by atoms with E-state index >= 15 is 0 Å². The first-order valence-corrected chi connectivity index (χ1v) is 18.6. The largest absolute Gasteiger partial charge is 0.373 e. The van der Waals surface area contributed by atoms with Crippen molar-refractivity contribution in [3.05, 3.63) is 143 Å². The third-order valence-electron chi connectivity index (χ3n) is 11.9. The maximum absolute atomic E-state index is 9.20. The summed E-state index contributed by atoms with van der Waals surface area (Å²) in [5.74, 6) is 2.52. The minimum absolute atomic E-state index is 0.249. The fraction of sp³-hybridized carbons (Fsp3) is 0.318. The Morgan fingerprint density at radius 2 is 1.35 bits per heavy atom. The van der Waals surface area contributed by atoms with Crippen molar-refractivity contribution in [2.75, 3.05) is 7.05 Å². The number of alkyl halides is 1. The van der Waals surface area contributed by atoms with Crippen LogP contribution in [-0.4, -0.2) is 12.9 Å². The topological polar surface area (TPSA) is 48.2 Å². The van der Waals surface area contributed by atoms with Gasteiger partial charge in [-0.25, -0.2) is 4.99 Å². The van der Waals surface area contributed by atoms with Crippen LogP contribution < -0.4 is 5.32 Å². The lowest BCUT2D eigenvalue weighted by Gasteiger charge is -2.63. The summed E-state index contributed by atoms with van der Waals surface area (Å²) >= 11 is 2.57. The van der Waals surface area contributed by atoms with Gasteiger partial charge in [0.05, 0.1) is 11.6 Å². The number of hydrogen-bond acceptors (Lipinski definition) is 2. The summed E-state index contributed by atoms with van der Waals surface area (Å²) < 4.78 is -0.361. The van der Waals surface area contributed by atoms with E-state index in [0.717, 1.165) is 29.7 Å². The molecule has 0 aromatic heterocycles. The molecule has 3 nitrogen and oxygen atoms in total. The quantitative estimate of drug-likeness (QED) is 0.0594. The highest BCUT2D eigenvalue weighted by Crippen LogP contribution is 2.66. The van der Waals surface area contributed by atoms with Gasteiger partial charge in [0.2, 0.25) is 0 Å². The second kappa shape index (κ2) is 12.2. The summed E-state index contributed by atoms with van der Waals surface area (Å²) in [4.78, 5) is 5.38.